The second-order valence-corrected chi connectivity index (χ2v) is 4.45. The highest BCUT2D eigenvalue weighted by atomic mass is 15.0. The van der Waals surface area contributed by atoms with Crippen molar-refractivity contribution in [2.75, 3.05) is 20.6 Å². The molecule has 1 nitrogen and oxygen atoms in total. The van der Waals surface area contributed by atoms with Gasteiger partial charge in [-0.25, -0.2) is 0 Å². The lowest BCUT2D eigenvalue weighted by Gasteiger charge is -2.11. The van der Waals surface area contributed by atoms with Crippen molar-refractivity contribution in [3.63, 3.8) is 0 Å². The third-order valence-electron chi connectivity index (χ3n) is 2.94. The van der Waals surface area contributed by atoms with Crippen LogP contribution in [0, 0.1) is 5.92 Å². The maximum Gasteiger partial charge on any atom is -0.00248 e. The summed E-state index contributed by atoms with van der Waals surface area (Å²) in [4.78, 5) is 2.29. The summed E-state index contributed by atoms with van der Waals surface area (Å²) in [7, 11) is 4.32. The molecule has 0 aromatic rings. The first kappa shape index (κ1) is 10.0. The van der Waals surface area contributed by atoms with E-state index in [0.717, 1.165) is 5.92 Å². The molecule has 0 radical (unpaired) electrons. The summed E-state index contributed by atoms with van der Waals surface area (Å²) in [6, 6.07) is 0. The Hall–Kier alpha value is -0.0400. The Bertz CT molecular complexity index is 104. The maximum atomic E-state index is 2.29. The quantitative estimate of drug-likeness (QED) is 0.572. The molecule has 1 heteroatoms. The second kappa shape index (κ2) is 5.58. The number of hydrogen-bond acceptors (Lipinski definition) is 1. The summed E-state index contributed by atoms with van der Waals surface area (Å²) in [5.41, 5.74) is 0. The summed E-state index contributed by atoms with van der Waals surface area (Å²) in [5, 5.41) is 0. The number of unbranched alkanes of at least 4 members (excludes halogenated alkanes) is 1. The van der Waals surface area contributed by atoms with E-state index in [9.17, 15) is 0 Å². The Morgan fingerprint density at radius 3 is 2.33 bits per heavy atom. The lowest BCUT2D eigenvalue weighted by atomic mass is 10.0. The molecule has 0 N–H and O–H groups in total. The van der Waals surface area contributed by atoms with Crippen molar-refractivity contribution in [1.29, 1.82) is 0 Å². The van der Waals surface area contributed by atoms with Crippen LogP contribution in [0.1, 0.15) is 44.9 Å². The fourth-order valence-corrected chi connectivity index (χ4v) is 2.16. The van der Waals surface area contributed by atoms with Gasteiger partial charge in [-0.1, -0.05) is 38.5 Å². The van der Waals surface area contributed by atoms with Crippen LogP contribution in [-0.2, 0) is 0 Å². The predicted octanol–water partition coefficient (Wildman–Crippen LogP) is 2.91. The van der Waals surface area contributed by atoms with Crippen LogP contribution in [-0.4, -0.2) is 25.5 Å². The first-order valence-electron chi connectivity index (χ1n) is 5.44. The fourth-order valence-electron chi connectivity index (χ4n) is 2.16. The third kappa shape index (κ3) is 4.10. The Morgan fingerprint density at radius 2 is 1.75 bits per heavy atom. The number of hydrogen-bond donors (Lipinski definition) is 0. The normalized spacial score (nSPS) is 19.2. The summed E-state index contributed by atoms with van der Waals surface area (Å²) in [5.74, 6) is 1.09. The first-order valence-corrected chi connectivity index (χ1v) is 5.44. The van der Waals surface area contributed by atoms with Gasteiger partial charge in [0.1, 0.15) is 0 Å². The third-order valence-corrected chi connectivity index (χ3v) is 2.94. The van der Waals surface area contributed by atoms with Crippen LogP contribution < -0.4 is 0 Å². The maximum absolute atomic E-state index is 2.29. The minimum Gasteiger partial charge on any atom is -0.309 e. The predicted molar refractivity (Wildman–Crippen MR) is 54.4 cm³/mol. The van der Waals surface area contributed by atoms with Gasteiger partial charge in [0.25, 0.3) is 0 Å². The zero-order chi connectivity index (χ0) is 8.81. The van der Waals surface area contributed by atoms with E-state index in [0.29, 0.717) is 0 Å². The monoisotopic (exact) mass is 169 g/mol. The molecule has 0 amide bonds. The SMILES string of the molecule is CN(C)CCCCC1CCCC1. The molecule has 12 heavy (non-hydrogen) atoms. The molecule has 0 aromatic carbocycles. The summed E-state index contributed by atoms with van der Waals surface area (Å²) < 4.78 is 0. The molecule has 72 valence electrons. The van der Waals surface area contributed by atoms with Gasteiger partial charge in [0.2, 0.25) is 0 Å². The van der Waals surface area contributed by atoms with E-state index in [1.54, 1.807) is 0 Å². The highest BCUT2D eigenvalue weighted by Gasteiger charge is 2.13. The molecule has 0 saturated heterocycles. The van der Waals surface area contributed by atoms with Gasteiger partial charge in [0.05, 0.1) is 0 Å². The largest absolute Gasteiger partial charge is 0.309 e. The molecule has 1 rings (SSSR count). The fraction of sp³-hybridized carbons (Fsp3) is 1.00. The molecular weight excluding hydrogens is 146 g/mol. The minimum absolute atomic E-state index is 1.09. The van der Waals surface area contributed by atoms with Crippen LogP contribution in [0.15, 0.2) is 0 Å². The Labute approximate surface area is 77.1 Å². The van der Waals surface area contributed by atoms with E-state index < -0.39 is 0 Å². The van der Waals surface area contributed by atoms with Gasteiger partial charge < -0.3 is 4.90 Å². The van der Waals surface area contributed by atoms with Gasteiger partial charge in [0.15, 0.2) is 0 Å². The Balaban J connectivity index is 1.88. The Kier molecular flexibility index (Phi) is 4.67. The van der Waals surface area contributed by atoms with E-state index in [1.165, 1.54) is 51.5 Å². The minimum atomic E-state index is 1.09. The highest BCUT2D eigenvalue weighted by molar-refractivity contribution is 4.67. The van der Waals surface area contributed by atoms with Crippen molar-refractivity contribution in [2.24, 2.45) is 5.92 Å². The summed E-state index contributed by atoms with van der Waals surface area (Å²) in [6.07, 6.45) is 10.4. The zero-order valence-electron chi connectivity index (χ0n) is 8.68. The lowest BCUT2D eigenvalue weighted by Crippen LogP contribution is -2.12. The smallest absolute Gasteiger partial charge is 0.00248 e. The second-order valence-electron chi connectivity index (χ2n) is 4.45. The van der Waals surface area contributed by atoms with Crippen molar-refractivity contribution in [3.05, 3.63) is 0 Å². The standard InChI is InChI=1S/C11H23N/c1-12(2)10-6-5-9-11-7-3-4-8-11/h11H,3-10H2,1-2H3. The molecule has 0 unspecified atom stereocenters. The van der Waals surface area contributed by atoms with Crippen molar-refractivity contribution in [1.82, 2.24) is 4.90 Å². The molecule has 1 fully saturated rings. The molecule has 0 bridgehead atoms. The molecule has 0 aliphatic heterocycles. The zero-order valence-corrected chi connectivity index (χ0v) is 8.68. The van der Waals surface area contributed by atoms with Crippen molar-refractivity contribution in [3.8, 4) is 0 Å². The molecule has 1 saturated carbocycles. The average Bonchev–Trinajstić information content (AvgIpc) is 2.49. The van der Waals surface area contributed by atoms with Gasteiger partial charge >= 0.3 is 0 Å². The number of rotatable bonds is 5. The van der Waals surface area contributed by atoms with Gasteiger partial charge in [0, 0.05) is 0 Å². The van der Waals surface area contributed by atoms with Gasteiger partial charge in [-0.05, 0) is 33.0 Å². The lowest BCUT2D eigenvalue weighted by molar-refractivity contribution is 0.376. The highest BCUT2D eigenvalue weighted by Crippen LogP contribution is 2.28. The number of nitrogens with zero attached hydrogens (tertiary/aromatic N) is 1. The van der Waals surface area contributed by atoms with Gasteiger partial charge in [-0.2, -0.15) is 0 Å². The van der Waals surface area contributed by atoms with Crippen LogP contribution in [0.4, 0.5) is 0 Å². The molecular formula is C11H23N. The van der Waals surface area contributed by atoms with Crippen molar-refractivity contribution in [2.45, 2.75) is 44.9 Å². The van der Waals surface area contributed by atoms with Gasteiger partial charge in [-0.15, -0.1) is 0 Å². The van der Waals surface area contributed by atoms with Crippen LogP contribution >= 0.6 is 0 Å². The van der Waals surface area contributed by atoms with Crippen molar-refractivity contribution < 1.29 is 0 Å². The molecule has 0 aromatic heterocycles. The molecule has 0 heterocycles. The van der Waals surface area contributed by atoms with Crippen LogP contribution in [0.2, 0.25) is 0 Å². The summed E-state index contributed by atoms with van der Waals surface area (Å²) >= 11 is 0. The van der Waals surface area contributed by atoms with Gasteiger partial charge in [-0.3, -0.25) is 0 Å². The van der Waals surface area contributed by atoms with E-state index in [4.69, 9.17) is 0 Å². The molecule has 0 spiro atoms. The topological polar surface area (TPSA) is 3.24 Å². The van der Waals surface area contributed by atoms with Crippen LogP contribution in [0.5, 0.6) is 0 Å². The van der Waals surface area contributed by atoms with Crippen molar-refractivity contribution >= 4 is 0 Å². The van der Waals surface area contributed by atoms with E-state index >= 15 is 0 Å². The molecule has 0 atom stereocenters. The van der Waals surface area contributed by atoms with E-state index in [2.05, 4.69) is 19.0 Å². The van der Waals surface area contributed by atoms with Crippen LogP contribution in [0.3, 0.4) is 0 Å². The van der Waals surface area contributed by atoms with Crippen LogP contribution in [0.25, 0.3) is 0 Å². The molecule has 1 aliphatic carbocycles. The summed E-state index contributed by atoms with van der Waals surface area (Å²) in [6.45, 7) is 1.27. The van der Waals surface area contributed by atoms with E-state index in [1.807, 2.05) is 0 Å². The Morgan fingerprint density at radius 1 is 1.08 bits per heavy atom. The molecule has 1 aliphatic rings. The average molecular weight is 169 g/mol. The first-order chi connectivity index (χ1) is 5.79. The van der Waals surface area contributed by atoms with E-state index in [-0.39, 0.29) is 0 Å².